The first-order valence-corrected chi connectivity index (χ1v) is 9.46. The van der Waals surface area contributed by atoms with Gasteiger partial charge in [-0.1, -0.05) is 43.7 Å². The van der Waals surface area contributed by atoms with Crippen LogP contribution in [0.2, 0.25) is 0 Å². The topological polar surface area (TPSA) is 29.5 Å². The second kappa shape index (κ2) is 9.05. The average molecular weight is 366 g/mol. The Bertz CT molecular complexity index is 550. The fourth-order valence-electron chi connectivity index (χ4n) is 5.26. The number of ether oxygens (including phenoxy) is 1. The number of halogens is 1. The maximum Gasteiger partial charge on any atom is 0.305 e. The first-order valence-electron chi connectivity index (χ1n) is 9.46. The first kappa shape index (κ1) is 20.3. The summed E-state index contributed by atoms with van der Waals surface area (Å²) in [6.45, 7) is 2.29. The molecule has 0 N–H and O–H groups in total. The SMILES string of the molecule is CCCC1CC2C(CC(=O)OC)C(Cc3ccccc3)CC1N2C.Cl. The van der Waals surface area contributed by atoms with Crippen molar-refractivity contribution in [2.75, 3.05) is 14.2 Å². The van der Waals surface area contributed by atoms with Crippen LogP contribution in [-0.4, -0.2) is 37.1 Å². The van der Waals surface area contributed by atoms with Crippen LogP contribution < -0.4 is 0 Å². The van der Waals surface area contributed by atoms with Gasteiger partial charge in [0.05, 0.1) is 13.5 Å². The second-order valence-electron chi connectivity index (χ2n) is 7.71. The van der Waals surface area contributed by atoms with Crippen molar-refractivity contribution < 1.29 is 9.53 Å². The zero-order valence-corrected chi connectivity index (χ0v) is 16.5. The summed E-state index contributed by atoms with van der Waals surface area (Å²) in [5.41, 5.74) is 1.40. The average Bonchev–Trinajstić information content (AvgIpc) is 2.80. The molecule has 140 valence electrons. The van der Waals surface area contributed by atoms with Gasteiger partial charge < -0.3 is 4.74 Å². The summed E-state index contributed by atoms with van der Waals surface area (Å²) in [5.74, 6) is 1.75. The van der Waals surface area contributed by atoms with Gasteiger partial charge in [0.15, 0.2) is 0 Å². The highest BCUT2D eigenvalue weighted by Gasteiger charge is 2.50. The summed E-state index contributed by atoms with van der Waals surface area (Å²) in [5, 5.41) is 0. The van der Waals surface area contributed by atoms with Gasteiger partial charge in [0.1, 0.15) is 0 Å². The molecule has 2 saturated heterocycles. The number of benzene rings is 1. The summed E-state index contributed by atoms with van der Waals surface area (Å²) in [7, 11) is 3.78. The Hall–Kier alpha value is -1.06. The number of hydrogen-bond acceptors (Lipinski definition) is 3. The van der Waals surface area contributed by atoms with Crippen LogP contribution in [-0.2, 0) is 16.0 Å². The first-order chi connectivity index (χ1) is 11.6. The fraction of sp³-hybridized carbons (Fsp3) is 0.667. The number of nitrogens with zero attached hydrogens (tertiary/aromatic N) is 1. The van der Waals surface area contributed by atoms with Gasteiger partial charge >= 0.3 is 5.97 Å². The molecule has 2 aliphatic heterocycles. The molecule has 5 atom stereocenters. The molecule has 0 saturated carbocycles. The molecule has 0 amide bonds. The summed E-state index contributed by atoms with van der Waals surface area (Å²) < 4.78 is 5.01. The molecule has 1 aromatic rings. The van der Waals surface area contributed by atoms with Crippen LogP contribution in [0.3, 0.4) is 0 Å². The van der Waals surface area contributed by atoms with E-state index >= 15 is 0 Å². The summed E-state index contributed by atoms with van der Waals surface area (Å²) in [6.07, 6.45) is 6.69. The predicted molar refractivity (Wildman–Crippen MR) is 104 cm³/mol. The normalized spacial score (nSPS) is 31.4. The lowest BCUT2D eigenvalue weighted by Crippen LogP contribution is -2.48. The van der Waals surface area contributed by atoms with E-state index in [1.54, 1.807) is 0 Å². The van der Waals surface area contributed by atoms with Crippen LogP contribution in [0, 0.1) is 17.8 Å². The van der Waals surface area contributed by atoms with E-state index in [-0.39, 0.29) is 18.4 Å². The fourth-order valence-corrected chi connectivity index (χ4v) is 5.26. The van der Waals surface area contributed by atoms with Crippen molar-refractivity contribution in [3.05, 3.63) is 35.9 Å². The summed E-state index contributed by atoms with van der Waals surface area (Å²) in [4.78, 5) is 14.6. The maximum absolute atomic E-state index is 12.0. The van der Waals surface area contributed by atoms with E-state index in [0.29, 0.717) is 30.3 Å². The van der Waals surface area contributed by atoms with Gasteiger partial charge in [0.25, 0.3) is 0 Å². The number of hydrogen-bond donors (Lipinski definition) is 0. The number of esters is 1. The van der Waals surface area contributed by atoms with Crippen molar-refractivity contribution in [3.63, 3.8) is 0 Å². The number of methoxy groups -OCH3 is 1. The summed E-state index contributed by atoms with van der Waals surface area (Å²) >= 11 is 0. The Kier molecular flexibility index (Phi) is 7.33. The lowest BCUT2D eigenvalue weighted by Gasteiger charge is -2.43. The minimum Gasteiger partial charge on any atom is -0.469 e. The van der Waals surface area contributed by atoms with Crippen molar-refractivity contribution in [3.8, 4) is 0 Å². The third kappa shape index (κ3) is 4.38. The molecule has 25 heavy (non-hydrogen) atoms. The van der Waals surface area contributed by atoms with E-state index in [2.05, 4.69) is 49.2 Å². The van der Waals surface area contributed by atoms with Gasteiger partial charge in [0, 0.05) is 12.1 Å². The maximum atomic E-state index is 12.0. The molecule has 2 fully saturated rings. The van der Waals surface area contributed by atoms with Gasteiger partial charge in [-0.2, -0.15) is 0 Å². The number of rotatable bonds is 6. The van der Waals surface area contributed by atoms with Crippen LogP contribution >= 0.6 is 12.4 Å². The monoisotopic (exact) mass is 365 g/mol. The lowest BCUT2D eigenvalue weighted by atomic mass is 9.75. The number of piperidine rings is 1. The van der Waals surface area contributed by atoms with Gasteiger partial charge in [-0.05, 0) is 56.0 Å². The molecule has 0 spiro atoms. The van der Waals surface area contributed by atoms with E-state index in [9.17, 15) is 4.79 Å². The smallest absolute Gasteiger partial charge is 0.305 e. The highest BCUT2D eigenvalue weighted by Crippen LogP contribution is 2.48. The highest BCUT2D eigenvalue weighted by atomic mass is 35.5. The van der Waals surface area contributed by atoms with Crippen molar-refractivity contribution >= 4 is 18.4 Å². The predicted octanol–water partition coefficient (Wildman–Crippen LogP) is 4.34. The number of carbonyl (C=O) groups is 1. The van der Waals surface area contributed by atoms with Crippen LogP contribution in [0.1, 0.15) is 44.6 Å². The van der Waals surface area contributed by atoms with Crippen molar-refractivity contribution in [1.82, 2.24) is 4.90 Å². The Morgan fingerprint density at radius 2 is 1.84 bits per heavy atom. The van der Waals surface area contributed by atoms with Gasteiger partial charge in [-0.25, -0.2) is 0 Å². The quantitative estimate of drug-likeness (QED) is 0.702. The lowest BCUT2D eigenvalue weighted by molar-refractivity contribution is -0.143. The molecule has 5 unspecified atom stereocenters. The van der Waals surface area contributed by atoms with Gasteiger partial charge in [0.2, 0.25) is 0 Å². The molecular formula is C21H32ClNO2. The molecule has 4 heteroatoms. The largest absolute Gasteiger partial charge is 0.469 e. The zero-order valence-electron chi connectivity index (χ0n) is 15.7. The Morgan fingerprint density at radius 1 is 1.16 bits per heavy atom. The van der Waals surface area contributed by atoms with Crippen LogP contribution in [0.15, 0.2) is 30.3 Å². The molecule has 2 bridgehead atoms. The van der Waals surface area contributed by atoms with Crippen LogP contribution in [0.5, 0.6) is 0 Å². The highest BCUT2D eigenvalue weighted by molar-refractivity contribution is 5.85. The minimum absolute atomic E-state index is 0. The molecule has 2 heterocycles. The zero-order chi connectivity index (χ0) is 17.1. The third-order valence-electron chi connectivity index (χ3n) is 6.41. The Morgan fingerprint density at radius 3 is 2.48 bits per heavy atom. The van der Waals surface area contributed by atoms with Crippen LogP contribution in [0.4, 0.5) is 0 Å². The Labute approximate surface area is 158 Å². The molecular weight excluding hydrogens is 334 g/mol. The van der Waals surface area contributed by atoms with E-state index in [0.717, 1.165) is 12.3 Å². The van der Waals surface area contributed by atoms with Crippen molar-refractivity contribution in [1.29, 1.82) is 0 Å². The molecule has 0 aliphatic carbocycles. The molecule has 3 rings (SSSR count). The van der Waals surface area contributed by atoms with E-state index in [1.165, 1.54) is 38.4 Å². The van der Waals surface area contributed by atoms with Gasteiger partial charge in [-0.15, -0.1) is 12.4 Å². The summed E-state index contributed by atoms with van der Waals surface area (Å²) in [6, 6.07) is 12.0. The van der Waals surface area contributed by atoms with Crippen molar-refractivity contribution in [2.45, 2.75) is 57.5 Å². The molecule has 3 nitrogen and oxygen atoms in total. The number of carbonyl (C=O) groups excluding carboxylic acids is 1. The third-order valence-corrected chi connectivity index (χ3v) is 6.41. The molecule has 0 aromatic heterocycles. The Balaban J connectivity index is 0.00000225. The standard InChI is InChI=1S/C21H31NO2.ClH/c1-4-8-16-12-20-18(14-21(23)24-3)17(13-19(16)22(20)2)11-15-9-6-5-7-10-15;/h5-7,9-10,16-20H,4,8,11-14H2,1-3H3;1H. The molecule has 1 aromatic carbocycles. The van der Waals surface area contributed by atoms with E-state index in [1.807, 2.05) is 0 Å². The van der Waals surface area contributed by atoms with Gasteiger partial charge in [-0.3, -0.25) is 9.69 Å². The second-order valence-corrected chi connectivity index (χ2v) is 7.71. The molecule has 2 aliphatic rings. The van der Waals surface area contributed by atoms with E-state index < -0.39 is 0 Å². The number of fused-ring (bicyclic) bond motifs is 2. The van der Waals surface area contributed by atoms with Crippen LogP contribution in [0.25, 0.3) is 0 Å². The minimum atomic E-state index is -0.0520. The van der Waals surface area contributed by atoms with Crippen molar-refractivity contribution in [2.24, 2.45) is 17.8 Å². The molecule has 0 radical (unpaired) electrons. The van der Waals surface area contributed by atoms with E-state index in [4.69, 9.17) is 4.74 Å².